The van der Waals surface area contributed by atoms with Gasteiger partial charge in [0.2, 0.25) is 0 Å². The second-order valence-corrected chi connectivity index (χ2v) is 4.39. The van der Waals surface area contributed by atoms with Crippen LogP contribution >= 0.6 is 11.6 Å². The lowest BCUT2D eigenvalue weighted by atomic mass is 10.3. The molecule has 0 radical (unpaired) electrons. The van der Waals surface area contributed by atoms with Gasteiger partial charge in [-0.05, 0) is 18.2 Å². The van der Waals surface area contributed by atoms with Gasteiger partial charge in [-0.3, -0.25) is 0 Å². The van der Waals surface area contributed by atoms with Gasteiger partial charge < -0.3 is 15.4 Å². The third kappa shape index (κ3) is 3.55. The van der Waals surface area contributed by atoms with Crippen molar-refractivity contribution in [1.82, 2.24) is 9.97 Å². The van der Waals surface area contributed by atoms with Crippen LogP contribution in [0.25, 0.3) is 0 Å². The van der Waals surface area contributed by atoms with Crippen molar-refractivity contribution in [2.45, 2.75) is 6.61 Å². The molecule has 0 saturated carbocycles. The summed E-state index contributed by atoms with van der Waals surface area (Å²) in [5.74, 6) is 1.33. The molecule has 1 aromatic carbocycles. The molecule has 2 N–H and O–H groups in total. The number of benzene rings is 1. The third-order valence-electron chi connectivity index (χ3n) is 2.50. The van der Waals surface area contributed by atoms with Gasteiger partial charge in [-0.2, -0.15) is 0 Å². The van der Waals surface area contributed by atoms with E-state index in [0.29, 0.717) is 29.8 Å². The van der Waals surface area contributed by atoms with Crippen LogP contribution in [0.3, 0.4) is 0 Å². The van der Waals surface area contributed by atoms with E-state index in [1.54, 1.807) is 26.3 Å². The fraction of sp³-hybridized carbons (Fsp3) is 0.231. The first kappa shape index (κ1) is 14.5. The van der Waals surface area contributed by atoms with Crippen LogP contribution in [0.15, 0.2) is 24.3 Å². The molecule has 0 aliphatic rings. The number of methoxy groups -OCH3 is 1. The second kappa shape index (κ2) is 6.49. The number of rotatable bonds is 5. The minimum absolute atomic E-state index is 0.280. The van der Waals surface area contributed by atoms with Gasteiger partial charge in [-0.15, -0.1) is 0 Å². The predicted molar refractivity (Wildman–Crippen MR) is 77.0 cm³/mol. The van der Waals surface area contributed by atoms with Crippen molar-refractivity contribution >= 4 is 28.9 Å². The van der Waals surface area contributed by atoms with Crippen LogP contribution in [0.4, 0.5) is 21.7 Å². The van der Waals surface area contributed by atoms with Crippen LogP contribution in [0.2, 0.25) is 5.02 Å². The number of anilines is 3. The molecule has 2 rings (SSSR count). The maximum Gasteiger partial charge on any atom is 0.158 e. The minimum Gasteiger partial charge on any atom is -0.377 e. The summed E-state index contributed by atoms with van der Waals surface area (Å²) >= 11 is 5.97. The highest BCUT2D eigenvalue weighted by Gasteiger charge is 2.07. The molecule has 0 aliphatic carbocycles. The Morgan fingerprint density at radius 3 is 2.65 bits per heavy atom. The van der Waals surface area contributed by atoms with Crippen molar-refractivity contribution in [3.05, 3.63) is 40.9 Å². The SMILES string of the molecule is CNc1cc(Nc2ccc(F)cc2Cl)nc(COC)n1. The summed E-state index contributed by atoms with van der Waals surface area (Å²) in [4.78, 5) is 8.53. The molecule has 0 aliphatic heterocycles. The van der Waals surface area contributed by atoms with Crippen LogP contribution in [-0.2, 0) is 11.3 Å². The van der Waals surface area contributed by atoms with Crippen molar-refractivity contribution in [2.24, 2.45) is 0 Å². The summed E-state index contributed by atoms with van der Waals surface area (Å²) in [6, 6.07) is 5.83. The summed E-state index contributed by atoms with van der Waals surface area (Å²) in [6.07, 6.45) is 0. The van der Waals surface area contributed by atoms with Gasteiger partial charge in [0.25, 0.3) is 0 Å². The van der Waals surface area contributed by atoms with Crippen molar-refractivity contribution in [2.75, 3.05) is 24.8 Å². The first-order chi connectivity index (χ1) is 9.62. The Hall–Kier alpha value is -1.92. The van der Waals surface area contributed by atoms with E-state index in [1.165, 1.54) is 12.1 Å². The van der Waals surface area contributed by atoms with Crippen LogP contribution in [-0.4, -0.2) is 24.1 Å². The monoisotopic (exact) mass is 296 g/mol. The number of ether oxygens (including phenoxy) is 1. The molecule has 5 nitrogen and oxygen atoms in total. The molecule has 0 saturated heterocycles. The zero-order valence-electron chi connectivity index (χ0n) is 11.1. The fourth-order valence-electron chi connectivity index (χ4n) is 1.61. The normalized spacial score (nSPS) is 10.4. The lowest BCUT2D eigenvalue weighted by Crippen LogP contribution is -2.05. The van der Waals surface area contributed by atoms with Crippen LogP contribution in [0.1, 0.15) is 5.82 Å². The van der Waals surface area contributed by atoms with Crippen molar-refractivity contribution in [1.29, 1.82) is 0 Å². The number of aromatic nitrogens is 2. The molecule has 2 aromatic rings. The highest BCUT2D eigenvalue weighted by atomic mass is 35.5. The highest BCUT2D eigenvalue weighted by Crippen LogP contribution is 2.26. The second-order valence-electron chi connectivity index (χ2n) is 3.99. The number of hydrogen-bond acceptors (Lipinski definition) is 5. The lowest BCUT2D eigenvalue weighted by molar-refractivity contribution is 0.178. The molecule has 0 spiro atoms. The largest absolute Gasteiger partial charge is 0.377 e. The molecule has 0 amide bonds. The van der Waals surface area contributed by atoms with Crippen molar-refractivity contribution in [3.8, 4) is 0 Å². The maximum atomic E-state index is 13.0. The summed E-state index contributed by atoms with van der Waals surface area (Å²) in [7, 11) is 3.33. The Morgan fingerprint density at radius 1 is 1.25 bits per heavy atom. The molecule has 0 unspecified atom stereocenters. The quantitative estimate of drug-likeness (QED) is 0.887. The molecule has 0 atom stereocenters. The number of hydrogen-bond donors (Lipinski definition) is 2. The third-order valence-corrected chi connectivity index (χ3v) is 2.81. The van der Waals surface area contributed by atoms with E-state index in [-0.39, 0.29) is 10.8 Å². The smallest absolute Gasteiger partial charge is 0.158 e. The topological polar surface area (TPSA) is 59.1 Å². The van der Waals surface area contributed by atoms with E-state index in [9.17, 15) is 4.39 Å². The lowest BCUT2D eigenvalue weighted by Gasteiger charge is -2.10. The van der Waals surface area contributed by atoms with Gasteiger partial charge >= 0.3 is 0 Å². The predicted octanol–water partition coefficient (Wildman–Crippen LogP) is 3.20. The standard InChI is InChI=1S/C13H14ClFN4O/c1-16-11-6-12(19-13(18-11)7-20-2)17-10-4-3-8(15)5-9(10)14/h3-6H,7H2,1-2H3,(H2,16,17,18,19). The maximum absolute atomic E-state index is 13.0. The molecule has 7 heteroatoms. The minimum atomic E-state index is -0.390. The Kier molecular flexibility index (Phi) is 4.70. The molecule has 106 valence electrons. The average molecular weight is 297 g/mol. The van der Waals surface area contributed by atoms with Crippen molar-refractivity contribution < 1.29 is 9.13 Å². The van der Waals surface area contributed by atoms with E-state index < -0.39 is 0 Å². The van der Waals surface area contributed by atoms with Crippen LogP contribution in [0.5, 0.6) is 0 Å². The van der Waals surface area contributed by atoms with E-state index in [4.69, 9.17) is 16.3 Å². The molecule has 20 heavy (non-hydrogen) atoms. The zero-order chi connectivity index (χ0) is 14.5. The molecule has 1 aromatic heterocycles. The van der Waals surface area contributed by atoms with Crippen LogP contribution in [0, 0.1) is 5.82 Å². The van der Waals surface area contributed by atoms with Gasteiger partial charge in [-0.25, -0.2) is 14.4 Å². The van der Waals surface area contributed by atoms with E-state index in [1.807, 2.05) is 0 Å². The summed E-state index contributed by atoms with van der Waals surface area (Å²) < 4.78 is 18.0. The van der Waals surface area contributed by atoms with Crippen molar-refractivity contribution in [3.63, 3.8) is 0 Å². The Labute approximate surface area is 121 Å². The zero-order valence-corrected chi connectivity index (χ0v) is 11.8. The summed E-state index contributed by atoms with van der Waals surface area (Å²) in [5, 5.41) is 6.24. The Morgan fingerprint density at radius 2 is 2.00 bits per heavy atom. The average Bonchev–Trinajstić information content (AvgIpc) is 2.42. The molecular formula is C13H14ClFN4O. The van der Waals surface area contributed by atoms with Crippen LogP contribution < -0.4 is 10.6 Å². The number of halogens is 2. The Balaban J connectivity index is 2.29. The first-order valence-electron chi connectivity index (χ1n) is 5.89. The summed E-state index contributed by atoms with van der Waals surface area (Å²) in [5.41, 5.74) is 0.567. The van der Waals surface area contributed by atoms with E-state index in [2.05, 4.69) is 20.6 Å². The highest BCUT2D eigenvalue weighted by molar-refractivity contribution is 6.33. The molecular weight excluding hydrogens is 283 g/mol. The van der Waals surface area contributed by atoms with E-state index >= 15 is 0 Å². The number of nitrogens with one attached hydrogen (secondary N) is 2. The fourth-order valence-corrected chi connectivity index (χ4v) is 1.83. The first-order valence-corrected chi connectivity index (χ1v) is 6.27. The molecule has 0 bridgehead atoms. The van der Waals surface area contributed by atoms with Gasteiger partial charge in [0.15, 0.2) is 5.82 Å². The van der Waals surface area contributed by atoms with Gasteiger partial charge in [0, 0.05) is 20.2 Å². The summed E-state index contributed by atoms with van der Waals surface area (Å²) in [6.45, 7) is 0.293. The van der Waals surface area contributed by atoms with Gasteiger partial charge in [0.05, 0.1) is 10.7 Å². The van der Waals surface area contributed by atoms with E-state index in [0.717, 1.165) is 0 Å². The number of nitrogens with zero attached hydrogens (tertiary/aromatic N) is 2. The molecule has 1 heterocycles. The molecule has 0 fully saturated rings. The van der Waals surface area contributed by atoms with Gasteiger partial charge in [-0.1, -0.05) is 11.6 Å². The Bertz CT molecular complexity index is 609. The van der Waals surface area contributed by atoms with Gasteiger partial charge in [0.1, 0.15) is 24.1 Å².